The lowest BCUT2D eigenvalue weighted by molar-refractivity contribution is 0.116. The SMILES string of the molecule is OC1CCC(NCCn2cccn2)CC1. The van der Waals surface area contributed by atoms with Gasteiger partial charge in [-0.05, 0) is 31.7 Å². The predicted molar refractivity (Wildman–Crippen MR) is 58.5 cm³/mol. The molecule has 1 fully saturated rings. The highest BCUT2D eigenvalue weighted by atomic mass is 16.3. The number of nitrogens with zero attached hydrogens (tertiary/aromatic N) is 2. The van der Waals surface area contributed by atoms with Crippen LogP contribution in [-0.2, 0) is 6.54 Å². The Morgan fingerprint density at radius 3 is 2.80 bits per heavy atom. The third-order valence-corrected chi connectivity index (χ3v) is 3.03. The van der Waals surface area contributed by atoms with Gasteiger partial charge in [0.05, 0.1) is 12.6 Å². The molecule has 0 saturated heterocycles. The average molecular weight is 209 g/mol. The van der Waals surface area contributed by atoms with Crippen LogP contribution >= 0.6 is 0 Å². The molecule has 0 spiro atoms. The largest absolute Gasteiger partial charge is 0.393 e. The van der Waals surface area contributed by atoms with Crippen molar-refractivity contribution in [1.29, 1.82) is 0 Å². The summed E-state index contributed by atoms with van der Waals surface area (Å²) in [6.45, 7) is 1.88. The van der Waals surface area contributed by atoms with E-state index in [2.05, 4.69) is 10.4 Å². The number of hydrogen-bond acceptors (Lipinski definition) is 3. The molecule has 1 heterocycles. The molecule has 0 aliphatic heterocycles. The molecule has 1 aliphatic carbocycles. The Hall–Kier alpha value is -0.870. The molecule has 0 aromatic carbocycles. The molecule has 0 bridgehead atoms. The van der Waals surface area contributed by atoms with Crippen molar-refractivity contribution in [2.45, 2.75) is 44.4 Å². The topological polar surface area (TPSA) is 50.1 Å². The summed E-state index contributed by atoms with van der Waals surface area (Å²) >= 11 is 0. The third kappa shape index (κ3) is 3.32. The van der Waals surface area contributed by atoms with Gasteiger partial charge in [-0.3, -0.25) is 4.68 Å². The monoisotopic (exact) mass is 209 g/mol. The van der Waals surface area contributed by atoms with E-state index in [-0.39, 0.29) is 6.10 Å². The summed E-state index contributed by atoms with van der Waals surface area (Å²) in [6, 6.07) is 2.53. The normalized spacial score (nSPS) is 26.7. The summed E-state index contributed by atoms with van der Waals surface area (Å²) in [7, 11) is 0. The van der Waals surface area contributed by atoms with Gasteiger partial charge < -0.3 is 10.4 Å². The summed E-state index contributed by atoms with van der Waals surface area (Å²) in [5.41, 5.74) is 0. The molecular formula is C11H19N3O. The van der Waals surface area contributed by atoms with Crippen LogP contribution in [0.5, 0.6) is 0 Å². The highest BCUT2D eigenvalue weighted by Gasteiger charge is 2.18. The van der Waals surface area contributed by atoms with E-state index in [4.69, 9.17) is 0 Å². The molecule has 4 heteroatoms. The number of aromatic nitrogens is 2. The van der Waals surface area contributed by atoms with Gasteiger partial charge in [0, 0.05) is 25.0 Å². The van der Waals surface area contributed by atoms with Crippen molar-refractivity contribution in [2.24, 2.45) is 0 Å². The predicted octanol–water partition coefficient (Wildman–Crippen LogP) is 0.776. The van der Waals surface area contributed by atoms with Crippen molar-refractivity contribution in [3.63, 3.8) is 0 Å². The maximum Gasteiger partial charge on any atom is 0.0541 e. The van der Waals surface area contributed by atoms with Crippen LogP contribution in [-0.4, -0.2) is 33.6 Å². The fourth-order valence-corrected chi connectivity index (χ4v) is 2.10. The molecule has 1 saturated carbocycles. The molecule has 2 rings (SSSR count). The minimum Gasteiger partial charge on any atom is -0.393 e. The summed E-state index contributed by atoms with van der Waals surface area (Å²) in [4.78, 5) is 0. The van der Waals surface area contributed by atoms with Crippen molar-refractivity contribution in [1.82, 2.24) is 15.1 Å². The molecule has 0 unspecified atom stereocenters. The Morgan fingerprint density at radius 1 is 1.33 bits per heavy atom. The fraction of sp³-hybridized carbons (Fsp3) is 0.727. The molecule has 1 aromatic heterocycles. The van der Waals surface area contributed by atoms with E-state index in [1.807, 2.05) is 16.9 Å². The van der Waals surface area contributed by atoms with E-state index >= 15 is 0 Å². The van der Waals surface area contributed by atoms with E-state index in [0.29, 0.717) is 6.04 Å². The zero-order valence-corrected chi connectivity index (χ0v) is 8.97. The minimum atomic E-state index is -0.0610. The van der Waals surface area contributed by atoms with Crippen LogP contribution < -0.4 is 5.32 Å². The van der Waals surface area contributed by atoms with E-state index in [1.54, 1.807) is 6.20 Å². The quantitative estimate of drug-likeness (QED) is 0.770. The molecule has 1 aromatic rings. The van der Waals surface area contributed by atoms with E-state index in [1.165, 1.54) is 0 Å². The molecular weight excluding hydrogens is 190 g/mol. The molecule has 1 aliphatic rings. The van der Waals surface area contributed by atoms with E-state index < -0.39 is 0 Å². The first-order valence-electron chi connectivity index (χ1n) is 5.73. The first-order chi connectivity index (χ1) is 7.34. The standard InChI is InChI=1S/C11H19N3O/c15-11-4-2-10(3-5-11)12-7-9-14-8-1-6-13-14/h1,6,8,10-12,15H,2-5,7,9H2. The van der Waals surface area contributed by atoms with Crippen molar-refractivity contribution in [3.05, 3.63) is 18.5 Å². The van der Waals surface area contributed by atoms with Crippen molar-refractivity contribution in [2.75, 3.05) is 6.54 Å². The average Bonchev–Trinajstić information content (AvgIpc) is 2.74. The highest BCUT2D eigenvalue weighted by molar-refractivity contribution is 4.79. The zero-order chi connectivity index (χ0) is 10.5. The summed E-state index contributed by atoms with van der Waals surface area (Å²) in [6.07, 6.45) is 7.80. The van der Waals surface area contributed by atoms with Gasteiger partial charge >= 0.3 is 0 Å². The van der Waals surface area contributed by atoms with Gasteiger partial charge in [0.2, 0.25) is 0 Å². The summed E-state index contributed by atoms with van der Waals surface area (Å²) < 4.78 is 1.94. The lowest BCUT2D eigenvalue weighted by Crippen LogP contribution is -2.36. The minimum absolute atomic E-state index is 0.0610. The van der Waals surface area contributed by atoms with Crippen LogP contribution in [0.3, 0.4) is 0 Å². The molecule has 0 amide bonds. The van der Waals surface area contributed by atoms with E-state index in [0.717, 1.165) is 38.8 Å². The second kappa shape index (κ2) is 5.28. The number of aliphatic hydroxyl groups is 1. The first kappa shape index (κ1) is 10.6. The molecule has 84 valence electrons. The lowest BCUT2D eigenvalue weighted by atomic mass is 9.93. The maximum atomic E-state index is 9.36. The fourth-order valence-electron chi connectivity index (χ4n) is 2.10. The van der Waals surface area contributed by atoms with Gasteiger partial charge in [0.15, 0.2) is 0 Å². The van der Waals surface area contributed by atoms with Crippen LogP contribution in [0.2, 0.25) is 0 Å². The van der Waals surface area contributed by atoms with Gasteiger partial charge in [-0.2, -0.15) is 5.10 Å². The Morgan fingerprint density at radius 2 is 2.13 bits per heavy atom. The van der Waals surface area contributed by atoms with Gasteiger partial charge in [-0.25, -0.2) is 0 Å². The maximum absolute atomic E-state index is 9.36. The number of rotatable bonds is 4. The Bertz CT molecular complexity index is 265. The molecule has 4 nitrogen and oxygen atoms in total. The zero-order valence-electron chi connectivity index (χ0n) is 8.97. The summed E-state index contributed by atoms with van der Waals surface area (Å²) in [5.74, 6) is 0. The molecule has 0 atom stereocenters. The van der Waals surface area contributed by atoms with E-state index in [9.17, 15) is 5.11 Å². The van der Waals surface area contributed by atoms with Gasteiger partial charge in [0.25, 0.3) is 0 Å². The molecule has 15 heavy (non-hydrogen) atoms. The van der Waals surface area contributed by atoms with Crippen molar-refractivity contribution in [3.8, 4) is 0 Å². The van der Waals surface area contributed by atoms with Crippen LogP contribution in [0.4, 0.5) is 0 Å². The molecule has 2 N–H and O–H groups in total. The van der Waals surface area contributed by atoms with Gasteiger partial charge in [-0.15, -0.1) is 0 Å². The van der Waals surface area contributed by atoms with Crippen molar-refractivity contribution < 1.29 is 5.11 Å². The number of aliphatic hydroxyl groups excluding tert-OH is 1. The molecule has 0 radical (unpaired) electrons. The second-order valence-electron chi connectivity index (χ2n) is 4.23. The highest BCUT2D eigenvalue weighted by Crippen LogP contribution is 2.17. The van der Waals surface area contributed by atoms with Crippen LogP contribution in [0.15, 0.2) is 18.5 Å². The van der Waals surface area contributed by atoms with Crippen LogP contribution in [0, 0.1) is 0 Å². The first-order valence-corrected chi connectivity index (χ1v) is 5.73. The second-order valence-corrected chi connectivity index (χ2v) is 4.23. The Kier molecular flexibility index (Phi) is 3.75. The Labute approximate surface area is 90.3 Å². The Balaban J connectivity index is 1.62. The van der Waals surface area contributed by atoms with Crippen molar-refractivity contribution >= 4 is 0 Å². The summed E-state index contributed by atoms with van der Waals surface area (Å²) in [5, 5.41) is 17.0. The lowest BCUT2D eigenvalue weighted by Gasteiger charge is -2.26. The van der Waals surface area contributed by atoms with Crippen LogP contribution in [0.25, 0.3) is 0 Å². The smallest absolute Gasteiger partial charge is 0.0541 e. The third-order valence-electron chi connectivity index (χ3n) is 3.03. The van der Waals surface area contributed by atoms with Gasteiger partial charge in [0.1, 0.15) is 0 Å². The number of hydrogen-bond donors (Lipinski definition) is 2. The number of nitrogens with one attached hydrogen (secondary N) is 1. The van der Waals surface area contributed by atoms with Gasteiger partial charge in [-0.1, -0.05) is 0 Å². The van der Waals surface area contributed by atoms with Crippen LogP contribution in [0.1, 0.15) is 25.7 Å².